The summed E-state index contributed by atoms with van der Waals surface area (Å²) in [5.74, 6) is 7.12. The van der Waals surface area contributed by atoms with Gasteiger partial charge in [-0.05, 0) is 12.0 Å². The lowest BCUT2D eigenvalue weighted by molar-refractivity contribution is 0.349. The van der Waals surface area contributed by atoms with Crippen LogP contribution in [0.2, 0.25) is 0 Å². The highest BCUT2D eigenvalue weighted by atomic mass is 32.1. The van der Waals surface area contributed by atoms with Crippen LogP contribution in [-0.4, -0.2) is 7.11 Å². The molecule has 0 aromatic carbocycles. The molecule has 0 fully saturated rings. The fraction of sp³-hybridized carbons (Fsp3) is 0.636. The molecule has 3 nitrogen and oxygen atoms in total. The fourth-order valence-electron chi connectivity index (χ4n) is 1.82. The van der Waals surface area contributed by atoms with Gasteiger partial charge in [0.2, 0.25) is 0 Å². The monoisotopic (exact) mass is 228 g/mol. The number of ether oxygens (including phenoxy) is 1. The van der Waals surface area contributed by atoms with Gasteiger partial charge in [-0.1, -0.05) is 26.7 Å². The average Bonchev–Trinajstić information content (AvgIpc) is 2.73. The molecule has 0 spiro atoms. The first-order valence-electron chi connectivity index (χ1n) is 5.35. The molecule has 1 aromatic rings. The first kappa shape index (κ1) is 12.5. The van der Waals surface area contributed by atoms with Crippen LogP contribution in [0.25, 0.3) is 0 Å². The second kappa shape index (κ2) is 6.10. The number of nitrogens with one attached hydrogen (secondary N) is 1. The van der Waals surface area contributed by atoms with Gasteiger partial charge in [-0.3, -0.25) is 11.3 Å². The minimum Gasteiger partial charge on any atom is -0.496 e. The molecule has 86 valence electrons. The molecular formula is C11H20N2OS. The quantitative estimate of drug-likeness (QED) is 0.581. The Balaban J connectivity index is 2.81. The summed E-state index contributed by atoms with van der Waals surface area (Å²) in [6.45, 7) is 4.40. The molecule has 3 N–H and O–H groups in total. The fourth-order valence-corrected chi connectivity index (χ4v) is 2.82. The summed E-state index contributed by atoms with van der Waals surface area (Å²) in [6.07, 6.45) is 2.26. The van der Waals surface area contributed by atoms with Crippen LogP contribution in [-0.2, 0) is 0 Å². The Kier molecular flexibility index (Phi) is 5.08. The predicted molar refractivity (Wildman–Crippen MR) is 65.0 cm³/mol. The third-order valence-electron chi connectivity index (χ3n) is 2.84. The molecule has 1 unspecified atom stereocenters. The normalized spacial score (nSPS) is 13.1. The van der Waals surface area contributed by atoms with Gasteiger partial charge in [0, 0.05) is 10.3 Å². The van der Waals surface area contributed by atoms with E-state index in [0.717, 1.165) is 18.6 Å². The van der Waals surface area contributed by atoms with Crippen molar-refractivity contribution in [2.24, 2.45) is 11.8 Å². The highest BCUT2D eigenvalue weighted by Crippen LogP contribution is 2.33. The van der Waals surface area contributed by atoms with Gasteiger partial charge in [-0.15, -0.1) is 11.3 Å². The van der Waals surface area contributed by atoms with Crippen molar-refractivity contribution in [3.63, 3.8) is 0 Å². The van der Waals surface area contributed by atoms with Crippen molar-refractivity contribution in [2.75, 3.05) is 7.11 Å². The minimum absolute atomic E-state index is 0.244. The van der Waals surface area contributed by atoms with E-state index in [4.69, 9.17) is 10.6 Å². The molecule has 15 heavy (non-hydrogen) atoms. The largest absolute Gasteiger partial charge is 0.496 e. The van der Waals surface area contributed by atoms with Gasteiger partial charge in [0.1, 0.15) is 5.75 Å². The van der Waals surface area contributed by atoms with Crippen molar-refractivity contribution in [1.29, 1.82) is 0 Å². The maximum absolute atomic E-state index is 5.62. The van der Waals surface area contributed by atoms with Crippen molar-refractivity contribution < 1.29 is 4.74 Å². The van der Waals surface area contributed by atoms with Crippen molar-refractivity contribution in [1.82, 2.24) is 5.43 Å². The summed E-state index contributed by atoms with van der Waals surface area (Å²) in [4.78, 5) is 1.25. The van der Waals surface area contributed by atoms with E-state index in [0.29, 0.717) is 5.92 Å². The Morgan fingerprint density at radius 1 is 1.47 bits per heavy atom. The van der Waals surface area contributed by atoms with Crippen molar-refractivity contribution in [3.8, 4) is 5.75 Å². The third kappa shape index (κ3) is 2.93. The molecule has 0 radical (unpaired) electrons. The Morgan fingerprint density at radius 2 is 2.13 bits per heavy atom. The smallest absolute Gasteiger partial charge is 0.129 e. The molecule has 1 atom stereocenters. The van der Waals surface area contributed by atoms with Gasteiger partial charge in [-0.25, -0.2) is 0 Å². The van der Waals surface area contributed by atoms with Crippen LogP contribution in [0.5, 0.6) is 5.75 Å². The summed E-state index contributed by atoms with van der Waals surface area (Å²) in [5.41, 5.74) is 2.91. The third-order valence-corrected chi connectivity index (χ3v) is 3.83. The summed E-state index contributed by atoms with van der Waals surface area (Å²) in [7, 11) is 1.69. The van der Waals surface area contributed by atoms with E-state index >= 15 is 0 Å². The number of methoxy groups -OCH3 is 1. The SMILES string of the molecule is CCC(CC)C(NN)c1cc(OC)cs1. The van der Waals surface area contributed by atoms with Crippen LogP contribution >= 0.6 is 11.3 Å². The van der Waals surface area contributed by atoms with Crippen LogP contribution in [0, 0.1) is 5.92 Å². The summed E-state index contributed by atoms with van der Waals surface area (Å²) < 4.78 is 5.18. The summed E-state index contributed by atoms with van der Waals surface area (Å²) in [6, 6.07) is 2.31. The second-order valence-corrected chi connectivity index (χ2v) is 4.55. The molecule has 0 aliphatic rings. The van der Waals surface area contributed by atoms with Gasteiger partial charge in [-0.2, -0.15) is 0 Å². The van der Waals surface area contributed by atoms with Gasteiger partial charge in [0.15, 0.2) is 0 Å². The maximum atomic E-state index is 5.62. The number of rotatable bonds is 6. The Morgan fingerprint density at radius 3 is 2.53 bits per heavy atom. The van der Waals surface area contributed by atoms with E-state index in [2.05, 4.69) is 25.3 Å². The number of nitrogens with two attached hydrogens (primary N) is 1. The van der Waals surface area contributed by atoms with E-state index in [1.807, 2.05) is 5.38 Å². The standard InChI is InChI=1S/C11H20N2OS/c1-4-8(5-2)11(13-12)10-6-9(14-3)7-15-10/h6-8,11,13H,4-5,12H2,1-3H3. The van der Waals surface area contributed by atoms with Crippen molar-refractivity contribution >= 4 is 11.3 Å². The number of hydrazine groups is 1. The average molecular weight is 228 g/mol. The lowest BCUT2D eigenvalue weighted by Crippen LogP contribution is -2.32. The molecular weight excluding hydrogens is 208 g/mol. The lowest BCUT2D eigenvalue weighted by atomic mass is 9.93. The molecule has 1 rings (SSSR count). The highest BCUT2D eigenvalue weighted by Gasteiger charge is 2.20. The Bertz CT molecular complexity index is 284. The Hall–Kier alpha value is -0.580. The molecule has 0 saturated heterocycles. The van der Waals surface area contributed by atoms with Gasteiger partial charge >= 0.3 is 0 Å². The number of thiophene rings is 1. The first-order chi connectivity index (χ1) is 7.26. The van der Waals surface area contributed by atoms with Crippen LogP contribution in [0.4, 0.5) is 0 Å². The van der Waals surface area contributed by atoms with E-state index in [-0.39, 0.29) is 6.04 Å². The highest BCUT2D eigenvalue weighted by molar-refractivity contribution is 7.10. The van der Waals surface area contributed by atoms with E-state index in [9.17, 15) is 0 Å². The molecule has 0 bridgehead atoms. The second-order valence-electron chi connectivity index (χ2n) is 3.61. The van der Waals surface area contributed by atoms with E-state index < -0.39 is 0 Å². The molecule has 0 saturated carbocycles. The number of hydrogen-bond donors (Lipinski definition) is 2. The van der Waals surface area contributed by atoms with Crippen LogP contribution in [0.1, 0.15) is 37.6 Å². The maximum Gasteiger partial charge on any atom is 0.129 e. The first-order valence-corrected chi connectivity index (χ1v) is 6.23. The van der Waals surface area contributed by atoms with Crippen LogP contribution < -0.4 is 16.0 Å². The minimum atomic E-state index is 0.244. The Labute approximate surface area is 95.6 Å². The zero-order valence-corrected chi connectivity index (χ0v) is 10.4. The van der Waals surface area contributed by atoms with Gasteiger partial charge < -0.3 is 4.74 Å². The van der Waals surface area contributed by atoms with Gasteiger partial charge in [0.05, 0.1) is 13.2 Å². The molecule has 1 aromatic heterocycles. The lowest BCUT2D eigenvalue weighted by Gasteiger charge is -2.23. The van der Waals surface area contributed by atoms with E-state index in [1.54, 1.807) is 18.4 Å². The molecule has 0 aliphatic heterocycles. The predicted octanol–water partition coefficient (Wildman–Crippen LogP) is 2.70. The zero-order valence-electron chi connectivity index (χ0n) is 9.62. The molecule has 4 heteroatoms. The van der Waals surface area contributed by atoms with Gasteiger partial charge in [0.25, 0.3) is 0 Å². The molecule has 1 heterocycles. The summed E-state index contributed by atoms with van der Waals surface area (Å²) >= 11 is 1.70. The number of hydrogen-bond acceptors (Lipinski definition) is 4. The summed E-state index contributed by atoms with van der Waals surface area (Å²) in [5, 5.41) is 2.02. The zero-order chi connectivity index (χ0) is 11.3. The van der Waals surface area contributed by atoms with E-state index in [1.165, 1.54) is 4.88 Å². The van der Waals surface area contributed by atoms with Crippen molar-refractivity contribution in [2.45, 2.75) is 32.7 Å². The van der Waals surface area contributed by atoms with Crippen LogP contribution in [0.3, 0.4) is 0 Å². The topological polar surface area (TPSA) is 47.3 Å². The molecule has 0 aliphatic carbocycles. The van der Waals surface area contributed by atoms with Crippen molar-refractivity contribution in [3.05, 3.63) is 16.3 Å². The molecule has 0 amide bonds. The van der Waals surface area contributed by atoms with Crippen LogP contribution in [0.15, 0.2) is 11.4 Å².